The summed E-state index contributed by atoms with van der Waals surface area (Å²) >= 11 is 0. The van der Waals surface area contributed by atoms with Gasteiger partial charge in [-0.05, 0) is 122 Å². The molecule has 0 rings (SSSR count). The van der Waals surface area contributed by atoms with Gasteiger partial charge >= 0.3 is 17.9 Å². The van der Waals surface area contributed by atoms with Gasteiger partial charge in [0.25, 0.3) is 0 Å². The molecule has 0 aliphatic rings. The number of allylic oxidation sites excluding steroid dienone is 18. The lowest BCUT2D eigenvalue weighted by Gasteiger charge is -2.18. The zero-order valence-corrected chi connectivity index (χ0v) is 46.2. The first-order valence-electron chi connectivity index (χ1n) is 29.4. The summed E-state index contributed by atoms with van der Waals surface area (Å²) in [5, 5.41) is 0. The summed E-state index contributed by atoms with van der Waals surface area (Å²) < 4.78 is 16.8. The number of unbranched alkanes of at least 4 members (excludes halogenated alkanes) is 23. The maximum absolute atomic E-state index is 12.8. The molecule has 0 saturated carbocycles. The smallest absolute Gasteiger partial charge is 0.306 e. The Morgan fingerprint density at radius 3 is 0.986 bits per heavy atom. The van der Waals surface area contributed by atoms with E-state index in [2.05, 4.69) is 130 Å². The first-order chi connectivity index (χ1) is 35.0. The second-order valence-electron chi connectivity index (χ2n) is 19.2. The van der Waals surface area contributed by atoms with Crippen LogP contribution in [-0.2, 0) is 28.6 Å². The van der Waals surface area contributed by atoms with Crippen molar-refractivity contribution in [2.45, 2.75) is 271 Å². The van der Waals surface area contributed by atoms with E-state index in [1.54, 1.807) is 0 Å². The predicted octanol–water partition coefficient (Wildman–Crippen LogP) is 19.9. The molecule has 71 heavy (non-hydrogen) atoms. The highest BCUT2D eigenvalue weighted by atomic mass is 16.6. The van der Waals surface area contributed by atoms with E-state index in [4.69, 9.17) is 14.2 Å². The zero-order valence-electron chi connectivity index (χ0n) is 46.2. The second-order valence-corrected chi connectivity index (χ2v) is 19.2. The Bertz CT molecular complexity index is 1460. The van der Waals surface area contributed by atoms with Crippen molar-refractivity contribution >= 4 is 17.9 Å². The van der Waals surface area contributed by atoms with Crippen LogP contribution in [0.2, 0.25) is 0 Å². The minimum Gasteiger partial charge on any atom is -0.462 e. The number of hydrogen-bond acceptors (Lipinski definition) is 6. The highest BCUT2D eigenvalue weighted by Gasteiger charge is 2.19. The molecular formula is C65H108O6. The molecule has 0 bridgehead atoms. The summed E-state index contributed by atoms with van der Waals surface area (Å²) in [6, 6.07) is 0. The van der Waals surface area contributed by atoms with Gasteiger partial charge in [0.05, 0.1) is 0 Å². The van der Waals surface area contributed by atoms with E-state index >= 15 is 0 Å². The molecule has 0 heterocycles. The van der Waals surface area contributed by atoms with Gasteiger partial charge in [0, 0.05) is 19.3 Å². The molecule has 404 valence electrons. The standard InChI is InChI=1S/C65H108O6/c1-4-7-10-13-16-19-22-25-28-30-31-32-33-35-38-40-43-46-49-52-55-58-64(67)70-61-62(71-65(68)59-56-53-50-47-44-41-36-27-24-21-18-15-12-9-6-3)60-69-63(66)57-54-51-48-45-42-39-37-34-29-26-23-20-17-14-11-8-5-2/h8,11,17-18,20-21,25-29,36-37,39,44-45,47-48,62H,4-7,9-10,12-16,19,22-24,30-35,38,40-43,46,49-61H2,1-3H3/b11-8-,20-17-,21-18-,28-25-,29-26-,36-27-,39-37-,47-44-,48-45-/t62-/m1/s1. The molecule has 0 radical (unpaired) electrons. The number of hydrogen-bond donors (Lipinski definition) is 0. The second kappa shape index (κ2) is 58.6. The van der Waals surface area contributed by atoms with Gasteiger partial charge in [-0.1, -0.05) is 233 Å². The number of carbonyl (C=O) groups is 3. The topological polar surface area (TPSA) is 78.9 Å². The van der Waals surface area contributed by atoms with Crippen molar-refractivity contribution in [3.8, 4) is 0 Å². The lowest BCUT2D eigenvalue weighted by Crippen LogP contribution is -2.30. The fourth-order valence-electron chi connectivity index (χ4n) is 7.83. The Labute approximate surface area is 438 Å². The zero-order chi connectivity index (χ0) is 51.4. The van der Waals surface area contributed by atoms with Crippen LogP contribution in [0.3, 0.4) is 0 Å². The van der Waals surface area contributed by atoms with Crippen molar-refractivity contribution in [2.75, 3.05) is 13.2 Å². The minimum absolute atomic E-state index is 0.112. The highest BCUT2D eigenvalue weighted by Crippen LogP contribution is 2.15. The van der Waals surface area contributed by atoms with Crippen molar-refractivity contribution in [1.29, 1.82) is 0 Å². The van der Waals surface area contributed by atoms with E-state index in [9.17, 15) is 14.4 Å². The Morgan fingerprint density at radius 1 is 0.296 bits per heavy atom. The van der Waals surface area contributed by atoms with Gasteiger partial charge in [-0.25, -0.2) is 0 Å². The van der Waals surface area contributed by atoms with E-state index in [1.807, 2.05) is 0 Å². The largest absolute Gasteiger partial charge is 0.462 e. The maximum atomic E-state index is 12.8. The average Bonchev–Trinajstić information content (AvgIpc) is 3.37. The number of rotatable bonds is 52. The molecule has 0 unspecified atom stereocenters. The van der Waals surface area contributed by atoms with E-state index in [0.717, 1.165) is 83.5 Å². The summed E-state index contributed by atoms with van der Waals surface area (Å²) in [5.74, 6) is -1.01. The van der Waals surface area contributed by atoms with Crippen LogP contribution >= 0.6 is 0 Å². The van der Waals surface area contributed by atoms with Gasteiger partial charge in [-0.15, -0.1) is 0 Å². The van der Waals surface area contributed by atoms with Crippen molar-refractivity contribution < 1.29 is 28.6 Å². The summed E-state index contributed by atoms with van der Waals surface area (Å²) in [4.78, 5) is 38.2. The lowest BCUT2D eigenvalue weighted by atomic mass is 10.0. The van der Waals surface area contributed by atoms with Crippen LogP contribution in [0, 0.1) is 0 Å². The molecule has 6 heteroatoms. The molecule has 0 aliphatic heterocycles. The van der Waals surface area contributed by atoms with E-state index in [1.165, 1.54) is 128 Å². The van der Waals surface area contributed by atoms with Crippen molar-refractivity contribution in [1.82, 2.24) is 0 Å². The molecule has 0 N–H and O–H groups in total. The van der Waals surface area contributed by atoms with Crippen molar-refractivity contribution in [3.05, 3.63) is 109 Å². The van der Waals surface area contributed by atoms with Gasteiger partial charge in [-0.2, -0.15) is 0 Å². The Kier molecular flexibility index (Phi) is 55.4. The molecule has 0 amide bonds. The Morgan fingerprint density at radius 2 is 0.563 bits per heavy atom. The van der Waals surface area contributed by atoms with Gasteiger partial charge in [0.2, 0.25) is 0 Å². The Hall–Kier alpha value is -3.93. The molecule has 6 nitrogen and oxygen atoms in total. The number of esters is 3. The van der Waals surface area contributed by atoms with Crippen LogP contribution in [0.25, 0.3) is 0 Å². The summed E-state index contributed by atoms with van der Waals surface area (Å²) in [6.07, 6.45) is 79.5. The third-order valence-corrected chi connectivity index (χ3v) is 12.2. The number of ether oxygens (including phenoxy) is 3. The SMILES string of the molecule is CC/C=C\C/C=C\C/C=C\C/C=C\C/C=C\CCCC(=O)OC[C@H](COC(=O)CCCCCCCCCCCCC/C=C\CCCCCCCC)OC(=O)CCCC/C=C\C/C=C\C/C=C\CCCCC. The molecular weight excluding hydrogens is 877 g/mol. The lowest BCUT2D eigenvalue weighted by molar-refractivity contribution is -0.167. The monoisotopic (exact) mass is 985 g/mol. The average molecular weight is 986 g/mol. The first-order valence-corrected chi connectivity index (χ1v) is 29.4. The molecule has 0 aromatic carbocycles. The van der Waals surface area contributed by atoms with Crippen LogP contribution in [0.5, 0.6) is 0 Å². The highest BCUT2D eigenvalue weighted by molar-refractivity contribution is 5.71. The first kappa shape index (κ1) is 67.1. The molecule has 1 atom stereocenters. The van der Waals surface area contributed by atoms with Crippen molar-refractivity contribution in [2.24, 2.45) is 0 Å². The minimum atomic E-state index is -0.823. The third kappa shape index (κ3) is 56.9. The van der Waals surface area contributed by atoms with E-state index in [-0.39, 0.29) is 44.0 Å². The third-order valence-electron chi connectivity index (χ3n) is 12.2. The van der Waals surface area contributed by atoms with Gasteiger partial charge < -0.3 is 14.2 Å². The normalized spacial score (nSPS) is 12.9. The quantitative estimate of drug-likeness (QED) is 0.0261. The maximum Gasteiger partial charge on any atom is 0.306 e. The summed E-state index contributed by atoms with van der Waals surface area (Å²) in [6.45, 7) is 6.42. The fourth-order valence-corrected chi connectivity index (χ4v) is 7.83. The van der Waals surface area contributed by atoms with Crippen LogP contribution in [-0.4, -0.2) is 37.2 Å². The predicted molar refractivity (Wildman–Crippen MR) is 307 cm³/mol. The van der Waals surface area contributed by atoms with E-state index < -0.39 is 6.10 Å². The van der Waals surface area contributed by atoms with Gasteiger partial charge in [0.1, 0.15) is 13.2 Å². The summed E-state index contributed by atoms with van der Waals surface area (Å²) in [7, 11) is 0. The van der Waals surface area contributed by atoms with Crippen LogP contribution in [0.4, 0.5) is 0 Å². The molecule has 0 aliphatic carbocycles. The Balaban J connectivity index is 4.48. The van der Waals surface area contributed by atoms with Crippen LogP contribution in [0.1, 0.15) is 265 Å². The summed E-state index contributed by atoms with van der Waals surface area (Å²) in [5.41, 5.74) is 0. The molecule has 0 saturated heterocycles. The van der Waals surface area contributed by atoms with Crippen LogP contribution < -0.4 is 0 Å². The molecule has 0 fully saturated rings. The van der Waals surface area contributed by atoms with E-state index in [0.29, 0.717) is 19.3 Å². The van der Waals surface area contributed by atoms with Crippen LogP contribution in [0.15, 0.2) is 109 Å². The number of carbonyl (C=O) groups excluding carboxylic acids is 3. The van der Waals surface area contributed by atoms with Crippen molar-refractivity contribution in [3.63, 3.8) is 0 Å². The molecule has 0 aromatic heterocycles. The van der Waals surface area contributed by atoms with Gasteiger partial charge in [-0.3, -0.25) is 14.4 Å². The fraction of sp³-hybridized carbons (Fsp3) is 0.677. The molecule has 0 aromatic rings. The molecule has 0 spiro atoms. The van der Waals surface area contributed by atoms with Gasteiger partial charge in [0.15, 0.2) is 6.10 Å².